The smallest absolute Gasteiger partial charge is 0.223 e. The van der Waals surface area contributed by atoms with Crippen molar-refractivity contribution in [1.82, 2.24) is 5.32 Å². The molecule has 2 aromatic rings. The summed E-state index contributed by atoms with van der Waals surface area (Å²) in [5.74, 6) is 1.32. The molecule has 2 aromatic carbocycles. The first-order valence-corrected chi connectivity index (χ1v) is 11.6. The normalized spacial score (nSPS) is 19.2. The second kappa shape index (κ2) is 11.8. The summed E-state index contributed by atoms with van der Waals surface area (Å²) in [6, 6.07) is 21.7. The number of hydrogen-bond donors (Lipinski definition) is 1. The first-order chi connectivity index (χ1) is 14.2. The predicted octanol–water partition coefficient (Wildman–Crippen LogP) is 6.34. The quantitative estimate of drug-likeness (QED) is 0.503. The number of carbonyl (C=O) groups excluding carboxylic acids is 1. The van der Waals surface area contributed by atoms with E-state index in [0.717, 1.165) is 57.3 Å². The predicted molar refractivity (Wildman–Crippen MR) is 122 cm³/mol. The molecule has 0 aromatic heterocycles. The van der Waals surface area contributed by atoms with Gasteiger partial charge in [0.15, 0.2) is 0 Å². The maximum Gasteiger partial charge on any atom is 0.223 e. The van der Waals surface area contributed by atoms with Crippen molar-refractivity contribution in [2.45, 2.75) is 77.2 Å². The standard InChI is InChI=1S/C27H37NO/c1-22-18-20-25(21-19-22)27(29)28-26(16-8-14-23-10-4-2-5-11-23)17-9-15-24-12-6-3-7-13-24/h2-7,10-13,22,25-26H,8-9,14-21H2,1H3,(H,28,29). The van der Waals surface area contributed by atoms with Gasteiger partial charge >= 0.3 is 0 Å². The van der Waals surface area contributed by atoms with Crippen molar-refractivity contribution in [2.75, 3.05) is 0 Å². The fraction of sp³-hybridized carbons (Fsp3) is 0.519. The number of hydrogen-bond acceptors (Lipinski definition) is 1. The van der Waals surface area contributed by atoms with Gasteiger partial charge in [-0.3, -0.25) is 4.79 Å². The second-order valence-corrected chi connectivity index (χ2v) is 8.92. The van der Waals surface area contributed by atoms with Gasteiger partial charge < -0.3 is 5.32 Å². The number of rotatable bonds is 10. The Bertz CT molecular complexity index is 658. The maximum absolute atomic E-state index is 12.9. The van der Waals surface area contributed by atoms with Crippen molar-refractivity contribution >= 4 is 5.91 Å². The van der Waals surface area contributed by atoms with E-state index < -0.39 is 0 Å². The van der Waals surface area contributed by atoms with E-state index in [9.17, 15) is 4.79 Å². The number of carbonyl (C=O) groups is 1. The molecule has 1 fully saturated rings. The molecule has 0 heterocycles. The molecule has 1 saturated carbocycles. The number of amides is 1. The van der Waals surface area contributed by atoms with Crippen molar-refractivity contribution in [3.05, 3.63) is 71.8 Å². The topological polar surface area (TPSA) is 29.1 Å². The van der Waals surface area contributed by atoms with E-state index in [4.69, 9.17) is 0 Å². The molecule has 29 heavy (non-hydrogen) atoms. The van der Waals surface area contributed by atoms with Gasteiger partial charge in [0.05, 0.1) is 0 Å². The Kier molecular flexibility index (Phi) is 8.80. The van der Waals surface area contributed by atoms with E-state index >= 15 is 0 Å². The van der Waals surface area contributed by atoms with Crippen LogP contribution in [0.2, 0.25) is 0 Å². The Hall–Kier alpha value is -2.09. The summed E-state index contributed by atoms with van der Waals surface area (Å²) < 4.78 is 0. The highest BCUT2D eigenvalue weighted by Crippen LogP contribution is 2.28. The highest BCUT2D eigenvalue weighted by molar-refractivity contribution is 5.79. The molecule has 2 heteroatoms. The molecule has 0 aliphatic heterocycles. The van der Waals surface area contributed by atoms with E-state index in [2.05, 4.69) is 72.9 Å². The van der Waals surface area contributed by atoms with Crippen LogP contribution in [0.25, 0.3) is 0 Å². The van der Waals surface area contributed by atoms with E-state index in [1.165, 1.54) is 24.0 Å². The fourth-order valence-electron chi connectivity index (χ4n) is 4.52. The number of benzene rings is 2. The summed E-state index contributed by atoms with van der Waals surface area (Å²) in [4.78, 5) is 12.9. The lowest BCUT2D eigenvalue weighted by atomic mass is 9.82. The fourth-order valence-corrected chi connectivity index (χ4v) is 4.52. The van der Waals surface area contributed by atoms with Crippen molar-refractivity contribution in [3.8, 4) is 0 Å². The minimum Gasteiger partial charge on any atom is -0.353 e. The van der Waals surface area contributed by atoms with Crippen LogP contribution in [-0.4, -0.2) is 11.9 Å². The third-order valence-electron chi connectivity index (χ3n) is 6.45. The molecule has 1 aliphatic carbocycles. The van der Waals surface area contributed by atoms with Crippen LogP contribution in [0.3, 0.4) is 0 Å². The molecular formula is C27H37NO. The SMILES string of the molecule is CC1CCC(C(=O)NC(CCCc2ccccc2)CCCc2ccccc2)CC1. The molecule has 0 bridgehead atoms. The molecule has 1 amide bonds. The lowest BCUT2D eigenvalue weighted by molar-refractivity contribution is -0.127. The lowest BCUT2D eigenvalue weighted by Gasteiger charge is -2.28. The largest absolute Gasteiger partial charge is 0.353 e. The summed E-state index contributed by atoms with van der Waals surface area (Å²) in [7, 11) is 0. The second-order valence-electron chi connectivity index (χ2n) is 8.92. The van der Waals surface area contributed by atoms with Gasteiger partial charge in [-0.25, -0.2) is 0 Å². The Balaban J connectivity index is 1.49. The van der Waals surface area contributed by atoms with Gasteiger partial charge in [-0.15, -0.1) is 0 Å². The van der Waals surface area contributed by atoms with Gasteiger partial charge in [0.25, 0.3) is 0 Å². The number of nitrogens with one attached hydrogen (secondary N) is 1. The van der Waals surface area contributed by atoms with Gasteiger partial charge in [-0.2, -0.15) is 0 Å². The lowest BCUT2D eigenvalue weighted by Crippen LogP contribution is -2.40. The van der Waals surface area contributed by atoms with Crippen molar-refractivity contribution in [1.29, 1.82) is 0 Å². The summed E-state index contributed by atoms with van der Waals surface area (Å²) >= 11 is 0. The van der Waals surface area contributed by atoms with Crippen LogP contribution in [0.1, 0.15) is 69.4 Å². The Morgan fingerprint density at radius 2 is 1.31 bits per heavy atom. The summed E-state index contributed by atoms with van der Waals surface area (Å²) in [6.07, 6.45) is 11.1. The highest BCUT2D eigenvalue weighted by atomic mass is 16.1. The van der Waals surface area contributed by atoms with Crippen LogP contribution >= 0.6 is 0 Å². The third kappa shape index (κ3) is 7.68. The van der Waals surface area contributed by atoms with Gasteiger partial charge in [0, 0.05) is 12.0 Å². The van der Waals surface area contributed by atoms with E-state index in [-0.39, 0.29) is 5.92 Å². The van der Waals surface area contributed by atoms with E-state index in [1.807, 2.05) is 0 Å². The average molecular weight is 392 g/mol. The molecule has 1 aliphatic rings. The minimum absolute atomic E-state index is 0.233. The van der Waals surface area contributed by atoms with Gasteiger partial charge in [0.2, 0.25) is 5.91 Å². The van der Waals surface area contributed by atoms with Crippen LogP contribution in [0, 0.1) is 11.8 Å². The molecule has 0 saturated heterocycles. The molecule has 3 rings (SSSR count). The first kappa shape index (κ1) is 21.6. The molecule has 0 unspecified atom stereocenters. The molecular weight excluding hydrogens is 354 g/mol. The summed E-state index contributed by atoms with van der Waals surface area (Å²) in [6.45, 7) is 2.31. The Labute approximate surface area is 177 Å². The van der Waals surface area contributed by atoms with E-state index in [1.54, 1.807) is 0 Å². The Morgan fingerprint density at radius 1 is 0.828 bits per heavy atom. The van der Waals surface area contributed by atoms with Crippen LogP contribution in [0.5, 0.6) is 0 Å². The van der Waals surface area contributed by atoms with Gasteiger partial charge in [-0.1, -0.05) is 67.6 Å². The molecule has 2 nitrogen and oxygen atoms in total. The minimum atomic E-state index is 0.233. The zero-order chi connectivity index (χ0) is 20.3. The average Bonchev–Trinajstić information content (AvgIpc) is 2.75. The molecule has 0 spiro atoms. The first-order valence-electron chi connectivity index (χ1n) is 11.6. The van der Waals surface area contributed by atoms with Crippen molar-refractivity contribution < 1.29 is 4.79 Å². The summed E-state index contributed by atoms with van der Waals surface area (Å²) in [5, 5.41) is 3.44. The molecule has 0 atom stereocenters. The van der Waals surface area contributed by atoms with Crippen molar-refractivity contribution in [2.24, 2.45) is 11.8 Å². The molecule has 1 N–H and O–H groups in total. The third-order valence-corrected chi connectivity index (χ3v) is 6.45. The Morgan fingerprint density at radius 3 is 1.79 bits per heavy atom. The monoisotopic (exact) mass is 391 g/mol. The van der Waals surface area contributed by atoms with Crippen LogP contribution in [0.4, 0.5) is 0 Å². The summed E-state index contributed by atoms with van der Waals surface area (Å²) in [5.41, 5.74) is 2.78. The van der Waals surface area contributed by atoms with E-state index in [0.29, 0.717) is 11.9 Å². The maximum atomic E-state index is 12.9. The zero-order valence-electron chi connectivity index (χ0n) is 18.0. The van der Waals surface area contributed by atoms with Gasteiger partial charge in [-0.05, 0) is 81.3 Å². The van der Waals surface area contributed by atoms with Crippen LogP contribution < -0.4 is 5.32 Å². The number of aryl methyl sites for hydroxylation is 2. The highest BCUT2D eigenvalue weighted by Gasteiger charge is 2.25. The van der Waals surface area contributed by atoms with Crippen LogP contribution in [-0.2, 0) is 17.6 Å². The zero-order valence-corrected chi connectivity index (χ0v) is 18.0. The van der Waals surface area contributed by atoms with Crippen molar-refractivity contribution in [3.63, 3.8) is 0 Å². The van der Waals surface area contributed by atoms with Crippen LogP contribution in [0.15, 0.2) is 60.7 Å². The van der Waals surface area contributed by atoms with Gasteiger partial charge in [0.1, 0.15) is 0 Å². The molecule has 0 radical (unpaired) electrons. The molecule has 156 valence electrons.